The van der Waals surface area contributed by atoms with Crippen LogP contribution < -0.4 is 5.32 Å². The summed E-state index contributed by atoms with van der Waals surface area (Å²) in [5.41, 5.74) is 0.333. The second kappa shape index (κ2) is 6.94. The fourth-order valence-corrected chi connectivity index (χ4v) is 3.81. The Hall–Kier alpha value is -3.45. The molecule has 1 fully saturated rings. The van der Waals surface area contributed by atoms with Crippen LogP contribution >= 0.6 is 0 Å². The maximum absolute atomic E-state index is 13.0. The second-order valence-corrected chi connectivity index (χ2v) is 6.77. The SMILES string of the molecule is O=C(O)[C@@H]1[C@H](C(=O)O)NCCN1C(=O)c1ccc2c(ccc3ccccc32)c1. The van der Waals surface area contributed by atoms with Crippen LogP contribution in [0.25, 0.3) is 21.5 Å². The number of carboxylic acid groups (broad SMARTS) is 2. The van der Waals surface area contributed by atoms with Gasteiger partial charge in [-0.2, -0.15) is 0 Å². The quantitative estimate of drug-likeness (QED) is 0.602. The smallest absolute Gasteiger partial charge is 0.328 e. The number of carboxylic acids is 2. The van der Waals surface area contributed by atoms with Gasteiger partial charge in [0.05, 0.1) is 0 Å². The molecule has 3 aromatic carbocycles. The van der Waals surface area contributed by atoms with Crippen molar-refractivity contribution in [3.05, 3.63) is 60.2 Å². The van der Waals surface area contributed by atoms with Crippen LogP contribution in [0.1, 0.15) is 10.4 Å². The molecule has 3 aromatic rings. The summed E-state index contributed by atoms with van der Waals surface area (Å²) in [5, 5.41) is 25.5. The Bertz CT molecular complexity index is 1110. The zero-order chi connectivity index (χ0) is 19.8. The van der Waals surface area contributed by atoms with Crippen molar-refractivity contribution < 1.29 is 24.6 Å². The minimum Gasteiger partial charge on any atom is -0.480 e. The van der Waals surface area contributed by atoms with Gasteiger partial charge in [0.15, 0.2) is 6.04 Å². The van der Waals surface area contributed by atoms with Crippen molar-refractivity contribution in [2.24, 2.45) is 0 Å². The molecule has 0 aromatic heterocycles. The van der Waals surface area contributed by atoms with Gasteiger partial charge in [-0.05, 0) is 33.7 Å². The molecule has 1 aliphatic heterocycles. The average molecular weight is 378 g/mol. The van der Waals surface area contributed by atoms with Crippen molar-refractivity contribution in [1.82, 2.24) is 10.2 Å². The molecule has 7 heteroatoms. The van der Waals surface area contributed by atoms with E-state index in [0.29, 0.717) is 5.56 Å². The van der Waals surface area contributed by atoms with Crippen LogP contribution in [0, 0.1) is 0 Å². The topological polar surface area (TPSA) is 107 Å². The number of hydrogen-bond acceptors (Lipinski definition) is 4. The van der Waals surface area contributed by atoms with Crippen molar-refractivity contribution >= 4 is 39.4 Å². The van der Waals surface area contributed by atoms with Gasteiger partial charge in [-0.3, -0.25) is 9.59 Å². The third kappa shape index (κ3) is 2.95. The number of nitrogens with one attached hydrogen (secondary N) is 1. The summed E-state index contributed by atoms with van der Waals surface area (Å²) in [6.45, 7) is 0.333. The molecule has 2 atom stereocenters. The summed E-state index contributed by atoms with van der Waals surface area (Å²) in [5.74, 6) is -3.13. The average Bonchev–Trinajstić information content (AvgIpc) is 2.72. The maximum Gasteiger partial charge on any atom is 0.328 e. The Morgan fingerprint density at radius 3 is 2.36 bits per heavy atom. The lowest BCUT2D eigenvalue weighted by Gasteiger charge is -2.37. The van der Waals surface area contributed by atoms with E-state index in [1.807, 2.05) is 42.5 Å². The van der Waals surface area contributed by atoms with Gasteiger partial charge in [-0.15, -0.1) is 0 Å². The number of carbonyl (C=O) groups is 3. The number of aliphatic carboxylic acids is 2. The summed E-state index contributed by atoms with van der Waals surface area (Å²) in [7, 11) is 0. The summed E-state index contributed by atoms with van der Waals surface area (Å²) >= 11 is 0. The van der Waals surface area contributed by atoms with Crippen LogP contribution in [0.5, 0.6) is 0 Å². The number of nitrogens with zero attached hydrogens (tertiary/aromatic N) is 1. The number of hydrogen-bond donors (Lipinski definition) is 3. The van der Waals surface area contributed by atoms with Gasteiger partial charge in [0.1, 0.15) is 6.04 Å². The number of rotatable bonds is 3. The molecule has 1 aliphatic rings. The fraction of sp³-hybridized carbons (Fsp3) is 0.190. The van der Waals surface area contributed by atoms with Gasteiger partial charge < -0.3 is 20.4 Å². The third-order valence-electron chi connectivity index (χ3n) is 5.14. The monoisotopic (exact) mass is 378 g/mol. The van der Waals surface area contributed by atoms with Gasteiger partial charge in [0.25, 0.3) is 5.91 Å². The summed E-state index contributed by atoms with van der Waals surface area (Å²) in [4.78, 5) is 37.2. The minimum atomic E-state index is -1.47. The molecule has 0 aliphatic carbocycles. The van der Waals surface area contributed by atoms with Crippen LogP contribution in [0.15, 0.2) is 54.6 Å². The zero-order valence-electron chi connectivity index (χ0n) is 14.8. The number of carbonyl (C=O) groups excluding carboxylic acids is 1. The molecule has 0 unspecified atom stereocenters. The molecule has 7 nitrogen and oxygen atoms in total. The normalized spacial score (nSPS) is 19.6. The van der Waals surface area contributed by atoms with Crippen LogP contribution in [-0.2, 0) is 9.59 Å². The molecule has 142 valence electrons. The van der Waals surface area contributed by atoms with Crippen molar-refractivity contribution in [1.29, 1.82) is 0 Å². The van der Waals surface area contributed by atoms with E-state index in [1.54, 1.807) is 12.1 Å². The highest BCUT2D eigenvalue weighted by atomic mass is 16.4. The molecule has 4 rings (SSSR count). The first-order chi connectivity index (χ1) is 13.5. The lowest BCUT2D eigenvalue weighted by atomic mass is 9.98. The van der Waals surface area contributed by atoms with Gasteiger partial charge in [0, 0.05) is 18.7 Å². The van der Waals surface area contributed by atoms with Gasteiger partial charge in [0.2, 0.25) is 0 Å². The lowest BCUT2D eigenvalue weighted by Crippen LogP contribution is -2.65. The first-order valence-corrected chi connectivity index (χ1v) is 8.89. The first-order valence-electron chi connectivity index (χ1n) is 8.89. The third-order valence-corrected chi connectivity index (χ3v) is 5.14. The summed E-state index contributed by atoms with van der Waals surface area (Å²) < 4.78 is 0. The van der Waals surface area contributed by atoms with Crippen LogP contribution in [0.4, 0.5) is 0 Å². The molecular weight excluding hydrogens is 360 g/mol. The van der Waals surface area contributed by atoms with Crippen LogP contribution in [0.2, 0.25) is 0 Å². The molecule has 0 bridgehead atoms. The molecular formula is C21H18N2O5. The van der Waals surface area contributed by atoms with E-state index < -0.39 is 29.9 Å². The Balaban J connectivity index is 1.74. The van der Waals surface area contributed by atoms with Crippen molar-refractivity contribution in [3.63, 3.8) is 0 Å². The molecule has 0 radical (unpaired) electrons. The van der Waals surface area contributed by atoms with Crippen molar-refractivity contribution in [3.8, 4) is 0 Å². The largest absolute Gasteiger partial charge is 0.480 e. The Kier molecular flexibility index (Phi) is 4.44. The Morgan fingerprint density at radius 1 is 0.893 bits per heavy atom. The van der Waals surface area contributed by atoms with E-state index in [9.17, 15) is 24.6 Å². The second-order valence-electron chi connectivity index (χ2n) is 6.77. The number of benzene rings is 3. The highest BCUT2D eigenvalue weighted by Crippen LogP contribution is 2.27. The molecule has 1 amide bonds. The molecule has 3 N–H and O–H groups in total. The highest BCUT2D eigenvalue weighted by Gasteiger charge is 2.43. The minimum absolute atomic E-state index is 0.120. The highest BCUT2D eigenvalue weighted by molar-refractivity contribution is 6.10. The Morgan fingerprint density at radius 2 is 1.61 bits per heavy atom. The number of fused-ring (bicyclic) bond motifs is 3. The van der Waals surface area contributed by atoms with E-state index in [1.165, 1.54) is 0 Å². The van der Waals surface area contributed by atoms with Gasteiger partial charge in [-0.1, -0.05) is 42.5 Å². The summed E-state index contributed by atoms with van der Waals surface area (Å²) in [6.07, 6.45) is 0. The molecule has 1 saturated heterocycles. The van der Waals surface area contributed by atoms with E-state index in [2.05, 4.69) is 5.32 Å². The molecule has 28 heavy (non-hydrogen) atoms. The molecule has 0 spiro atoms. The number of piperazine rings is 1. The zero-order valence-corrected chi connectivity index (χ0v) is 14.8. The lowest BCUT2D eigenvalue weighted by molar-refractivity contribution is -0.152. The first kappa shape index (κ1) is 17.9. The van der Waals surface area contributed by atoms with Crippen molar-refractivity contribution in [2.45, 2.75) is 12.1 Å². The van der Waals surface area contributed by atoms with E-state index >= 15 is 0 Å². The fourth-order valence-electron chi connectivity index (χ4n) is 3.81. The van der Waals surface area contributed by atoms with Crippen LogP contribution in [-0.4, -0.2) is 58.1 Å². The van der Waals surface area contributed by atoms with Gasteiger partial charge in [-0.25, -0.2) is 4.79 Å². The van der Waals surface area contributed by atoms with Crippen LogP contribution in [0.3, 0.4) is 0 Å². The summed E-state index contributed by atoms with van der Waals surface area (Å²) in [6, 6.07) is 14.2. The van der Waals surface area contributed by atoms with Gasteiger partial charge >= 0.3 is 11.9 Å². The van der Waals surface area contributed by atoms with Crippen molar-refractivity contribution in [2.75, 3.05) is 13.1 Å². The predicted octanol–water partition coefficient (Wildman–Crippen LogP) is 1.94. The maximum atomic E-state index is 13.0. The Labute approximate surface area is 160 Å². The van der Waals surface area contributed by atoms with E-state index in [0.717, 1.165) is 26.4 Å². The number of amides is 1. The van der Waals surface area contributed by atoms with E-state index in [4.69, 9.17) is 0 Å². The molecule has 0 saturated carbocycles. The predicted molar refractivity (Wildman–Crippen MR) is 103 cm³/mol. The molecule has 1 heterocycles. The van der Waals surface area contributed by atoms with E-state index in [-0.39, 0.29) is 13.1 Å². The standard InChI is InChI=1S/C21H18N2O5/c24-19(23-10-9-22-17(20(25)26)18(23)21(27)28)14-7-8-16-13(11-14)6-5-12-3-1-2-4-15(12)16/h1-8,11,17-18,22H,9-10H2,(H,25,26)(H,27,28)/t17-,18+/m1/s1.